The lowest BCUT2D eigenvalue weighted by atomic mass is 9.99. The van der Waals surface area contributed by atoms with Crippen LogP contribution in [-0.2, 0) is 6.18 Å². The van der Waals surface area contributed by atoms with Gasteiger partial charge in [0.2, 0.25) is 0 Å². The molecule has 2 rings (SSSR count). The van der Waals surface area contributed by atoms with E-state index in [9.17, 15) is 18.0 Å². The van der Waals surface area contributed by atoms with Gasteiger partial charge in [0.25, 0.3) is 0 Å². The summed E-state index contributed by atoms with van der Waals surface area (Å²) in [7, 11) is 0. The van der Waals surface area contributed by atoms with Crippen molar-refractivity contribution in [2.75, 3.05) is 0 Å². The van der Waals surface area contributed by atoms with Crippen LogP contribution in [-0.4, -0.2) is 6.29 Å². The molecule has 0 unspecified atom stereocenters. The quantitative estimate of drug-likeness (QED) is 0.822. The van der Waals surface area contributed by atoms with E-state index in [4.69, 9.17) is 0 Å². The third kappa shape index (κ3) is 3.20. The summed E-state index contributed by atoms with van der Waals surface area (Å²) in [5.74, 6) is 0. The molecule has 0 bridgehead atoms. The molecule has 0 amide bonds. The Balaban J connectivity index is 0.00000180. The minimum Gasteiger partial charge on any atom is -0.344 e. The number of alkyl halides is 3. The first-order chi connectivity index (χ1) is 8.52. The van der Waals surface area contributed by atoms with Gasteiger partial charge in [0.15, 0.2) is 6.29 Å². The van der Waals surface area contributed by atoms with E-state index in [1.807, 2.05) is 0 Å². The van der Waals surface area contributed by atoms with Gasteiger partial charge in [-0.25, -0.2) is 0 Å². The highest BCUT2D eigenvalue weighted by atomic mass is 19.4. The number of carbonyl (C=O) groups excluding carboxylic acids is 1. The molecule has 2 aromatic carbocycles. The highest BCUT2D eigenvalue weighted by molar-refractivity contribution is 5.87. The van der Waals surface area contributed by atoms with E-state index in [1.165, 1.54) is 12.1 Å². The first kappa shape index (κ1) is 14.9. The third-order valence-electron chi connectivity index (χ3n) is 2.61. The maximum atomic E-state index is 12.4. The molecule has 0 aromatic heterocycles. The molecule has 100 valence electrons. The zero-order chi connectivity index (χ0) is 13.2. The molecule has 0 saturated carbocycles. The average molecular weight is 267 g/mol. The summed E-state index contributed by atoms with van der Waals surface area (Å²) in [5, 5.41) is 0. The van der Waals surface area contributed by atoms with Crippen LogP contribution in [0, 0.1) is 0 Å². The molecule has 0 spiro atoms. The maximum Gasteiger partial charge on any atom is 0.416 e. The van der Waals surface area contributed by atoms with Crippen LogP contribution in [0.25, 0.3) is 11.1 Å². The van der Waals surface area contributed by atoms with Crippen molar-refractivity contribution in [1.29, 1.82) is 0 Å². The molecule has 5 heteroatoms. The maximum absolute atomic E-state index is 12.4. The van der Waals surface area contributed by atoms with E-state index in [0.717, 1.165) is 12.1 Å². The van der Waals surface area contributed by atoms with Crippen molar-refractivity contribution in [3.8, 4) is 11.1 Å². The van der Waals surface area contributed by atoms with Crippen molar-refractivity contribution >= 4 is 6.29 Å². The Kier molecular flexibility index (Phi) is 4.45. The fourth-order valence-electron chi connectivity index (χ4n) is 1.70. The van der Waals surface area contributed by atoms with Gasteiger partial charge in [-0.2, -0.15) is 13.2 Å². The Morgan fingerprint density at radius 2 is 1.47 bits per heavy atom. The standard InChI is InChI=1S/C14H9F3O.H3N/c15-14(16,17)12-7-5-10(6-8-12)13-4-2-1-3-11(13)9-18;/h1-9H;1H3. The summed E-state index contributed by atoms with van der Waals surface area (Å²) < 4.78 is 37.2. The summed E-state index contributed by atoms with van der Waals surface area (Å²) in [6.07, 6.45) is -3.66. The fourth-order valence-corrected chi connectivity index (χ4v) is 1.70. The molecule has 0 atom stereocenters. The lowest BCUT2D eigenvalue weighted by Crippen LogP contribution is -2.04. The topological polar surface area (TPSA) is 52.1 Å². The summed E-state index contributed by atoms with van der Waals surface area (Å²) in [6.45, 7) is 0. The van der Waals surface area contributed by atoms with Gasteiger partial charge in [-0.1, -0.05) is 36.4 Å². The molecular weight excluding hydrogens is 255 g/mol. The summed E-state index contributed by atoms with van der Waals surface area (Å²) in [4.78, 5) is 10.8. The highest BCUT2D eigenvalue weighted by Crippen LogP contribution is 2.31. The molecular formula is C14H12F3NO. The summed E-state index contributed by atoms with van der Waals surface area (Å²) in [5.41, 5.74) is 0.971. The second-order valence-electron chi connectivity index (χ2n) is 3.78. The molecule has 0 saturated heterocycles. The molecule has 2 nitrogen and oxygen atoms in total. The molecule has 0 aliphatic rings. The number of hydrogen-bond acceptors (Lipinski definition) is 2. The van der Waals surface area contributed by atoms with E-state index in [0.29, 0.717) is 23.0 Å². The number of benzene rings is 2. The Morgan fingerprint density at radius 1 is 0.895 bits per heavy atom. The highest BCUT2D eigenvalue weighted by Gasteiger charge is 2.29. The van der Waals surface area contributed by atoms with Crippen LogP contribution in [0.3, 0.4) is 0 Å². The lowest BCUT2D eigenvalue weighted by molar-refractivity contribution is -0.137. The second kappa shape index (κ2) is 5.67. The normalized spacial score (nSPS) is 10.7. The van der Waals surface area contributed by atoms with Crippen LogP contribution >= 0.6 is 0 Å². The zero-order valence-corrected chi connectivity index (χ0v) is 9.95. The largest absolute Gasteiger partial charge is 0.416 e. The molecule has 0 aliphatic carbocycles. The predicted octanol–water partition coefficient (Wildman–Crippen LogP) is 4.35. The van der Waals surface area contributed by atoms with Crippen LogP contribution in [0.15, 0.2) is 48.5 Å². The molecule has 3 N–H and O–H groups in total. The van der Waals surface area contributed by atoms with Crippen LogP contribution in [0.2, 0.25) is 0 Å². The SMILES string of the molecule is N.O=Cc1ccccc1-c1ccc(C(F)(F)F)cc1. The summed E-state index contributed by atoms with van der Waals surface area (Å²) >= 11 is 0. The monoisotopic (exact) mass is 267 g/mol. The third-order valence-corrected chi connectivity index (χ3v) is 2.61. The van der Waals surface area contributed by atoms with Crippen molar-refractivity contribution in [3.63, 3.8) is 0 Å². The number of hydrogen-bond donors (Lipinski definition) is 1. The molecule has 2 aromatic rings. The van der Waals surface area contributed by atoms with Crippen LogP contribution in [0.4, 0.5) is 13.2 Å². The summed E-state index contributed by atoms with van der Waals surface area (Å²) in [6, 6.07) is 11.5. The number of aldehydes is 1. The molecule has 0 aliphatic heterocycles. The van der Waals surface area contributed by atoms with E-state index in [-0.39, 0.29) is 6.15 Å². The first-order valence-electron chi connectivity index (χ1n) is 5.24. The van der Waals surface area contributed by atoms with Crippen molar-refractivity contribution in [1.82, 2.24) is 6.15 Å². The van der Waals surface area contributed by atoms with E-state index < -0.39 is 11.7 Å². The predicted molar refractivity (Wildman–Crippen MR) is 67.3 cm³/mol. The molecule has 0 heterocycles. The number of carbonyl (C=O) groups is 1. The van der Waals surface area contributed by atoms with Crippen molar-refractivity contribution in [2.45, 2.75) is 6.18 Å². The smallest absolute Gasteiger partial charge is 0.344 e. The van der Waals surface area contributed by atoms with Crippen LogP contribution < -0.4 is 6.15 Å². The Labute approximate surface area is 108 Å². The van der Waals surface area contributed by atoms with Gasteiger partial charge < -0.3 is 6.15 Å². The number of rotatable bonds is 2. The Bertz CT molecular complexity index is 562. The molecule has 19 heavy (non-hydrogen) atoms. The Hall–Kier alpha value is -2.14. The van der Waals surface area contributed by atoms with Gasteiger partial charge in [-0.15, -0.1) is 0 Å². The lowest BCUT2D eigenvalue weighted by Gasteiger charge is -2.08. The van der Waals surface area contributed by atoms with Gasteiger partial charge in [-0.3, -0.25) is 4.79 Å². The van der Waals surface area contributed by atoms with Crippen molar-refractivity contribution in [2.24, 2.45) is 0 Å². The van der Waals surface area contributed by atoms with Gasteiger partial charge in [0, 0.05) is 5.56 Å². The minimum atomic E-state index is -4.34. The van der Waals surface area contributed by atoms with Crippen LogP contribution in [0.1, 0.15) is 15.9 Å². The van der Waals surface area contributed by atoms with Crippen molar-refractivity contribution in [3.05, 3.63) is 59.7 Å². The van der Waals surface area contributed by atoms with Crippen LogP contribution in [0.5, 0.6) is 0 Å². The van der Waals surface area contributed by atoms with Crippen molar-refractivity contribution < 1.29 is 18.0 Å². The Morgan fingerprint density at radius 3 is 2.00 bits per heavy atom. The molecule has 0 fully saturated rings. The first-order valence-corrected chi connectivity index (χ1v) is 5.24. The van der Waals surface area contributed by atoms with E-state index >= 15 is 0 Å². The zero-order valence-electron chi connectivity index (χ0n) is 9.95. The van der Waals surface area contributed by atoms with E-state index in [2.05, 4.69) is 0 Å². The van der Waals surface area contributed by atoms with Gasteiger partial charge in [0.05, 0.1) is 5.56 Å². The molecule has 0 radical (unpaired) electrons. The number of halogens is 3. The van der Waals surface area contributed by atoms with E-state index in [1.54, 1.807) is 24.3 Å². The second-order valence-corrected chi connectivity index (χ2v) is 3.78. The average Bonchev–Trinajstić information content (AvgIpc) is 2.38. The van der Waals surface area contributed by atoms with Gasteiger partial charge in [0.1, 0.15) is 0 Å². The van der Waals surface area contributed by atoms with Gasteiger partial charge in [-0.05, 0) is 23.3 Å². The fraction of sp³-hybridized carbons (Fsp3) is 0.0714. The minimum absolute atomic E-state index is 0. The van der Waals surface area contributed by atoms with Gasteiger partial charge >= 0.3 is 6.18 Å².